The van der Waals surface area contributed by atoms with Gasteiger partial charge in [0.1, 0.15) is 0 Å². The van der Waals surface area contributed by atoms with Crippen LogP contribution in [-0.4, -0.2) is 0 Å². The van der Waals surface area contributed by atoms with Crippen LogP contribution in [0, 0.1) is 45.3 Å². The van der Waals surface area contributed by atoms with E-state index in [0.29, 0.717) is 0 Å². The Morgan fingerprint density at radius 2 is 0.692 bits per heavy atom. The van der Waals surface area contributed by atoms with Gasteiger partial charge in [0.05, 0.1) is 24.3 Å². The largest absolute Gasteiger partial charge is 0.193 e. The summed E-state index contributed by atoms with van der Waals surface area (Å²) in [6.07, 6.45) is 4.50. The predicted molar refractivity (Wildman–Crippen MR) is 40.7 cm³/mol. The smallest absolute Gasteiger partial charge is 0.0919 e. The summed E-state index contributed by atoms with van der Waals surface area (Å²) in [5.74, 6) is 0. The van der Waals surface area contributed by atoms with Gasteiger partial charge < -0.3 is 0 Å². The zero-order valence-corrected chi connectivity index (χ0v) is 7.97. The zero-order valence-electron chi connectivity index (χ0n) is 6.41. The molecule has 0 amide bonds. The van der Waals surface area contributed by atoms with E-state index in [4.69, 9.17) is 21.0 Å². The SMILES string of the molecule is N#CC=CC#N.N#CC=CC#N.[Pd]. The van der Waals surface area contributed by atoms with Crippen molar-refractivity contribution in [3.8, 4) is 24.3 Å². The minimum Gasteiger partial charge on any atom is -0.193 e. The molecule has 0 aliphatic carbocycles. The second-order valence-corrected chi connectivity index (χ2v) is 1.18. The van der Waals surface area contributed by atoms with Crippen molar-refractivity contribution in [2.45, 2.75) is 0 Å². The van der Waals surface area contributed by atoms with E-state index < -0.39 is 0 Å². The minimum atomic E-state index is 0. The maximum Gasteiger partial charge on any atom is 0.0919 e. The molecule has 66 valence electrons. The van der Waals surface area contributed by atoms with E-state index in [9.17, 15) is 0 Å². The van der Waals surface area contributed by atoms with Crippen LogP contribution in [0.2, 0.25) is 0 Å². The average molecular weight is 263 g/mol. The first-order chi connectivity index (χ1) is 5.83. The van der Waals surface area contributed by atoms with Crippen LogP contribution in [0.3, 0.4) is 0 Å². The Bertz CT molecular complexity index is 250. The Hall–Kier alpha value is -1.90. The first kappa shape index (κ1) is 17.3. The van der Waals surface area contributed by atoms with Crippen molar-refractivity contribution < 1.29 is 20.4 Å². The van der Waals surface area contributed by atoms with Crippen molar-refractivity contribution in [3.63, 3.8) is 0 Å². The van der Waals surface area contributed by atoms with E-state index in [0.717, 1.165) is 24.3 Å². The molecule has 0 saturated carbocycles. The van der Waals surface area contributed by atoms with Crippen LogP contribution in [0.4, 0.5) is 0 Å². The zero-order chi connectivity index (χ0) is 9.66. The molecule has 0 unspecified atom stereocenters. The van der Waals surface area contributed by atoms with Crippen LogP contribution in [0.25, 0.3) is 0 Å². The van der Waals surface area contributed by atoms with Crippen LogP contribution in [0.15, 0.2) is 24.3 Å². The third-order valence-electron chi connectivity index (χ3n) is 0.465. The molecule has 0 aliphatic heterocycles. The first-order valence-corrected chi connectivity index (χ1v) is 2.72. The van der Waals surface area contributed by atoms with E-state index in [2.05, 4.69) is 0 Å². The summed E-state index contributed by atoms with van der Waals surface area (Å²) in [7, 11) is 0. The van der Waals surface area contributed by atoms with Crippen LogP contribution in [0.5, 0.6) is 0 Å². The molecule has 0 aromatic heterocycles. The van der Waals surface area contributed by atoms with Crippen LogP contribution < -0.4 is 0 Å². The molecule has 0 spiro atoms. The van der Waals surface area contributed by atoms with Gasteiger partial charge in [0, 0.05) is 44.7 Å². The van der Waals surface area contributed by atoms with Gasteiger partial charge in [-0.05, 0) is 0 Å². The van der Waals surface area contributed by atoms with E-state index in [1.54, 1.807) is 24.3 Å². The maximum atomic E-state index is 7.71. The van der Waals surface area contributed by atoms with Crippen molar-refractivity contribution in [2.75, 3.05) is 0 Å². The van der Waals surface area contributed by atoms with Gasteiger partial charge in [-0.25, -0.2) is 0 Å². The summed E-state index contributed by atoms with van der Waals surface area (Å²) >= 11 is 0. The Kier molecular flexibility index (Phi) is 29.8. The number of nitrogens with zero attached hydrogens (tertiary/aromatic N) is 4. The quantitative estimate of drug-likeness (QED) is 0.484. The van der Waals surface area contributed by atoms with Gasteiger partial charge in [-0.15, -0.1) is 0 Å². The summed E-state index contributed by atoms with van der Waals surface area (Å²) in [5.41, 5.74) is 0. The molecule has 0 heterocycles. The van der Waals surface area contributed by atoms with Gasteiger partial charge in [0.2, 0.25) is 0 Å². The molecule has 4 nitrogen and oxygen atoms in total. The number of rotatable bonds is 0. The van der Waals surface area contributed by atoms with E-state index in [-0.39, 0.29) is 20.4 Å². The molecule has 5 heteroatoms. The molecule has 0 aromatic rings. The standard InChI is InChI=1S/2C4H2N2.Pd/c2*5-3-1-2-4-6;/h2*1-2H;. The van der Waals surface area contributed by atoms with E-state index >= 15 is 0 Å². The van der Waals surface area contributed by atoms with E-state index in [1.807, 2.05) is 0 Å². The van der Waals surface area contributed by atoms with Crippen molar-refractivity contribution >= 4 is 0 Å². The van der Waals surface area contributed by atoms with Gasteiger partial charge in [0.25, 0.3) is 0 Å². The fourth-order valence-electron chi connectivity index (χ4n) is 0.149. The van der Waals surface area contributed by atoms with Crippen molar-refractivity contribution in [1.29, 1.82) is 21.0 Å². The first-order valence-electron chi connectivity index (χ1n) is 2.72. The molecule has 0 saturated heterocycles. The van der Waals surface area contributed by atoms with Crippen molar-refractivity contribution in [2.24, 2.45) is 0 Å². The molecule has 13 heavy (non-hydrogen) atoms. The number of allylic oxidation sites excluding steroid dienone is 4. The van der Waals surface area contributed by atoms with Gasteiger partial charge in [-0.2, -0.15) is 21.0 Å². The average Bonchev–Trinajstić information content (AvgIpc) is 2.12. The summed E-state index contributed by atoms with van der Waals surface area (Å²) in [4.78, 5) is 0. The molecule has 0 radical (unpaired) electrons. The number of hydrogen-bond donors (Lipinski definition) is 0. The van der Waals surface area contributed by atoms with Crippen LogP contribution in [-0.2, 0) is 20.4 Å². The van der Waals surface area contributed by atoms with Crippen molar-refractivity contribution in [1.82, 2.24) is 0 Å². The predicted octanol–water partition coefficient (Wildman–Crippen LogP) is 1.18. The third kappa shape index (κ3) is 39.4. The Balaban J connectivity index is -0.000000143. The molecule has 0 N–H and O–H groups in total. The van der Waals surface area contributed by atoms with Gasteiger partial charge in [0.15, 0.2) is 0 Å². The topological polar surface area (TPSA) is 95.2 Å². The summed E-state index contributed by atoms with van der Waals surface area (Å²) < 4.78 is 0. The molecule has 0 aromatic carbocycles. The number of hydrogen-bond acceptors (Lipinski definition) is 4. The van der Waals surface area contributed by atoms with E-state index in [1.165, 1.54) is 0 Å². The molecule has 0 aliphatic rings. The Morgan fingerprint density at radius 3 is 0.769 bits per heavy atom. The molecule has 0 atom stereocenters. The van der Waals surface area contributed by atoms with Gasteiger partial charge in [-0.3, -0.25) is 0 Å². The number of nitriles is 4. The molecule has 0 rings (SSSR count). The molecule has 0 fully saturated rings. The fourth-order valence-corrected chi connectivity index (χ4v) is 0.149. The fraction of sp³-hybridized carbons (Fsp3) is 0. The Morgan fingerprint density at radius 1 is 0.538 bits per heavy atom. The molecule has 0 bridgehead atoms. The van der Waals surface area contributed by atoms with Crippen molar-refractivity contribution in [3.05, 3.63) is 24.3 Å². The summed E-state index contributed by atoms with van der Waals surface area (Å²) in [6, 6.07) is 6.66. The summed E-state index contributed by atoms with van der Waals surface area (Å²) in [6.45, 7) is 0. The van der Waals surface area contributed by atoms with Crippen LogP contribution in [0.1, 0.15) is 0 Å². The Labute approximate surface area is 90.3 Å². The minimum absolute atomic E-state index is 0. The van der Waals surface area contributed by atoms with Gasteiger partial charge in [-0.1, -0.05) is 0 Å². The normalized spacial score (nSPS) is 6.46. The third-order valence-corrected chi connectivity index (χ3v) is 0.465. The van der Waals surface area contributed by atoms with Gasteiger partial charge >= 0.3 is 0 Å². The van der Waals surface area contributed by atoms with Crippen LogP contribution >= 0.6 is 0 Å². The monoisotopic (exact) mass is 262 g/mol. The summed E-state index contributed by atoms with van der Waals surface area (Å²) in [5, 5.41) is 30.8. The second kappa shape index (κ2) is 22.5. The maximum absolute atomic E-state index is 7.71. The molecular formula is C8H4N4Pd. The second-order valence-electron chi connectivity index (χ2n) is 1.18. The molecular weight excluding hydrogens is 259 g/mol.